The number of fused-ring (bicyclic) bond motifs is 1. The topological polar surface area (TPSA) is 35.2 Å². The minimum absolute atomic E-state index is 0.0982. The van der Waals surface area contributed by atoms with Crippen molar-refractivity contribution in [3.05, 3.63) is 47.5 Å². The Kier molecular flexibility index (Phi) is 4.57. The van der Waals surface area contributed by atoms with Gasteiger partial charge < -0.3 is 10.5 Å². The third-order valence-corrected chi connectivity index (χ3v) is 4.65. The molecule has 3 rings (SSSR count). The summed E-state index contributed by atoms with van der Waals surface area (Å²) in [4.78, 5) is 0. The highest BCUT2D eigenvalue weighted by molar-refractivity contribution is 5.88. The van der Waals surface area contributed by atoms with Crippen LogP contribution in [0.25, 0.3) is 10.8 Å². The molecule has 0 aliphatic carbocycles. The fourth-order valence-electron chi connectivity index (χ4n) is 3.35. The van der Waals surface area contributed by atoms with Gasteiger partial charge in [0.1, 0.15) is 0 Å². The molecule has 0 bridgehead atoms. The smallest absolute Gasteiger partial charge is 0.0575 e. The van der Waals surface area contributed by atoms with Crippen molar-refractivity contribution >= 4 is 10.8 Å². The van der Waals surface area contributed by atoms with Crippen LogP contribution in [-0.4, -0.2) is 12.7 Å². The van der Waals surface area contributed by atoms with Gasteiger partial charge in [-0.05, 0) is 60.9 Å². The lowest BCUT2D eigenvalue weighted by Gasteiger charge is -2.24. The molecule has 0 radical (unpaired) electrons. The van der Waals surface area contributed by atoms with Gasteiger partial charge in [-0.25, -0.2) is 0 Å². The second kappa shape index (κ2) is 6.59. The van der Waals surface area contributed by atoms with Crippen molar-refractivity contribution in [2.24, 2.45) is 5.73 Å². The van der Waals surface area contributed by atoms with Gasteiger partial charge in [-0.1, -0.05) is 36.4 Å². The Bertz CT molecular complexity index is 602. The van der Waals surface area contributed by atoms with E-state index < -0.39 is 0 Å². The van der Waals surface area contributed by atoms with E-state index in [1.54, 1.807) is 0 Å². The summed E-state index contributed by atoms with van der Waals surface area (Å²) in [6.45, 7) is 3.08. The normalized spacial score (nSPS) is 20.6. The second-order valence-electron chi connectivity index (χ2n) is 6.19. The fourth-order valence-corrected chi connectivity index (χ4v) is 3.35. The predicted molar refractivity (Wildman–Crippen MR) is 88.4 cm³/mol. The van der Waals surface area contributed by atoms with Crippen LogP contribution < -0.4 is 5.73 Å². The van der Waals surface area contributed by atoms with Gasteiger partial charge in [0, 0.05) is 12.6 Å². The van der Waals surface area contributed by atoms with E-state index in [-0.39, 0.29) is 6.04 Å². The Hall–Kier alpha value is -1.38. The summed E-state index contributed by atoms with van der Waals surface area (Å²) in [7, 11) is 0. The molecule has 0 spiro atoms. The molecule has 2 aromatic carbocycles. The van der Waals surface area contributed by atoms with Crippen LogP contribution in [0.1, 0.15) is 49.3 Å². The summed E-state index contributed by atoms with van der Waals surface area (Å²) < 4.78 is 5.82. The number of hydrogen-bond acceptors (Lipinski definition) is 2. The van der Waals surface area contributed by atoms with Gasteiger partial charge in [0.15, 0.2) is 0 Å². The van der Waals surface area contributed by atoms with Crippen LogP contribution in [0.5, 0.6) is 0 Å². The number of hydrogen-bond donors (Lipinski definition) is 1. The summed E-state index contributed by atoms with van der Waals surface area (Å²) in [6, 6.07) is 13.1. The molecule has 0 saturated carbocycles. The van der Waals surface area contributed by atoms with E-state index in [1.807, 2.05) is 0 Å². The molecule has 2 heteroatoms. The van der Waals surface area contributed by atoms with Crippen molar-refractivity contribution in [2.45, 2.75) is 51.2 Å². The van der Waals surface area contributed by atoms with Gasteiger partial charge in [-0.15, -0.1) is 0 Å². The van der Waals surface area contributed by atoms with Gasteiger partial charge in [0.25, 0.3) is 0 Å². The minimum Gasteiger partial charge on any atom is -0.378 e. The Morgan fingerprint density at radius 2 is 1.95 bits per heavy atom. The molecule has 2 aromatic rings. The molecule has 0 amide bonds. The van der Waals surface area contributed by atoms with E-state index in [9.17, 15) is 0 Å². The Balaban J connectivity index is 1.75. The lowest BCUT2D eigenvalue weighted by atomic mass is 9.92. The second-order valence-corrected chi connectivity index (χ2v) is 6.19. The van der Waals surface area contributed by atoms with Crippen molar-refractivity contribution in [2.75, 3.05) is 6.61 Å². The molecule has 112 valence electrons. The van der Waals surface area contributed by atoms with E-state index in [2.05, 4.69) is 43.3 Å². The fraction of sp³-hybridized carbons (Fsp3) is 0.474. The molecule has 1 saturated heterocycles. The zero-order valence-corrected chi connectivity index (χ0v) is 12.8. The Morgan fingerprint density at radius 3 is 2.71 bits per heavy atom. The maximum Gasteiger partial charge on any atom is 0.0575 e. The summed E-state index contributed by atoms with van der Waals surface area (Å²) >= 11 is 0. The number of aryl methyl sites for hydroxylation is 1. The van der Waals surface area contributed by atoms with Crippen LogP contribution in [0, 0.1) is 6.92 Å². The SMILES string of the molecule is Cc1ccc(C(N)CCC2CCCCO2)c2ccccc12. The van der Waals surface area contributed by atoms with Gasteiger partial charge >= 0.3 is 0 Å². The number of ether oxygens (including phenoxy) is 1. The Labute approximate surface area is 127 Å². The molecule has 21 heavy (non-hydrogen) atoms. The van der Waals surface area contributed by atoms with E-state index in [1.165, 1.54) is 41.2 Å². The highest BCUT2D eigenvalue weighted by atomic mass is 16.5. The molecule has 2 unspecified atom stereocenters. The molecule has 1 aliphatic rings. The predicted octanol–water partition coefficient (Wildman–Crippen LogP) is 4.50. The zero-order valence-electron chi connectivity index (χ0n) is 12.8. The molecule has 2 atom stereocenters. The molecule has 2 N–H and O–H groups in total. The maximum atomic E-state index is 6.47. The first kappa shape index (κ1) is 14.6. The largest absolute Gasteiger partial charge is 0.378 e. The highest BCUT2D eigenvalue weighted by Gasteiger charge is 2.17. The highest BCUT2D eigenvalue weighted by Crippen LogP contribution is 2.29. The summed E-state index contributed by atoms with van der Waals surface area (Å²) in [5.41, 5.74) is 9.06. The first-order valence-electron chi connectivity index (χ1n) is 8.11. The van der Waals surface area contributed by atoms with Crippen LogP contribution in [0.2, 0.25) is 0 Å². The average molecular weight is 283 g/mol. The van der Waals surface area contributed by atoms with Crippen molar-refractivity contribution < 1.29 is 4.74 Å². The van der Waals surface area contributed by atoms with Crippen molar-refractivity contribution in [3.8, 4) is 0 Å². The van der Waals surface area contributed by atoms with E-state index in [0.29, 0.717) is 6.10 Å². The lowest BCUT2D eigenvalue weighted by Crippen LogP contribution is -2.21. The van der Waals surface area contributed by atoms with E-state index in [4.69, 9.17) is 10.5 Å². The standard InChI is InChI=1S/C19H25NO/c1-14-9-11-18(17-8-3-2-7-16(14)17)19(20)12-10-15-6-4-5-13-21-15/h2-3,7-9,11,15,19H,4-6,10,12-13,20H2,1H3. The summed E-state index contributed by atoms with van der Waals surface area (Å²) in [5, 5.41) is 2.62. The molecule has 2 nitrogen and oxygen atoms in total. The van der Waals surface area contributed by atoms with E-state index in [0.717, 1.165) is 19.4 Å². The van der Waals surface area contributed by atoms with Crippen LogP contribution >= 0.6 is 0 Å². The van der Waals surface area contributed by atoms with Crippen LogP contribution in [0.4, 0.5) is 0 Å². The first-order chi connectivity index (χ1) is 10.3. The van der Waals surface area contributed by atoms with Gasteiger partial charge in [-0.2, -0.15) is 0 Å². The van der Waals surface area contributed by atoms with Gasteiger partial charge in [0.2, 0.25) is 0 Å². The van der Waals surface area contributed by atoms with Crippen LogP contribution in [0.3, 0.4) is 0 Å². The molecular formula is C19H25NO. The van der Waals surface area contributed by atoms with Crippen LogP contribution in [0.15, 0.2) is 36.4 Å². The first-order valence-corrected chi connectivity index (χ1v) is 8.11. The lowest BCUT2D eigenvalue weighted by molar-refractivity contribution is 0.00914. The number of benzene rings is 2. The molecular weight excluding hydrogens is 258 g/mol. The number of rotatable bonds is 4. The summed E-state index contributed by atoms with van der Waals surface area (Å²) in [5.74, 6) is 0. The minimum atomic E-state index is 0.0982. The maximum absolute atomic E-state index is 6.47. The monoisotopic (exact) mass is 283 g/mol. The molecule has 1 fully saturated rings. The quantitative estimate of drug-likeness (QED) is 0.896. The van der Waals surface area contributed by atoms with Gasteiger partial charge in [0.05, 0.1) is 6.10 Å². The van der Waals surface area contributed by atoms with E-state index >= 15 is 0 Å². The third-order valence-electron chi connectivity index (χ3n) is 4.65. The zero-order chi connectivity index (χ0) is 14.7. The Morgan fingerprint density at radius 1 is 1.14 bits per heavy atom. The molecule has 1 heterocycles. The average Bonchev–Trinajstić information content (AvgIpc) is 2.54. The van der Waals surface area contributed by atoms with Crippen molar-refractivity contribution in [1.82, 2.24) is 0 Å². The molecule has 0 aromatic heterocycles. The number of nitrogens with two attached hydrogens (primary N) is 1. The summed E-state index contributed by atoms with van der Waals surface area (Å²) in [6.07, 6.45) is 6.20. The van der Waals surface area contributed by atoms with Crippen molar-refractivity contribution in [1.29, 1.82) is 0 Å². The third kappa shape index (κ3) is 3.28. The van der Waals surface area contributed by atoms with Crippen LogP contribution in [-0.2, 0) is 4.74 Å². The van der Waals surface area contributed by atoms with Gasteiger partial charge in [-0.3, -0.25) is 0 Å². The van der Waals surface area contributed by atoms with Crippen molar-refractivity contribution in [3.63, 3.8) is 0 Å². The molecule has 1 aliphatic heterocycles.